The number of nitrogens with zero attached hydrogens (tertiary/aromatic N) is 2. The van der Waals surface area contributed by atoms with Gasteiger partial charge in [0.2, 0.25) is 0 Å². The lowest BCUT2D eigenvalue weighted by Crippen LogP contribution is -2.17. The molecule has 0 radical (unpaired) electrons. The van der Waals surface area contributed by atoms with E-state index in [0.717, 1.165) is 22.2 Å². The zero-order valence-electron chi connectivity index (χ0n) is 11.5. The van der Waals surface area contributed by atoms with E-state index < -0.39 is 5.97 Å². The Morgan fingerprint density at radius 3 is 2.67 bits per heavy atom. The Kier molecular flexibility index (Phi) is 3.58. The Morgan fingerprint density at radius 2 is 2.00 bits per heavy atom. The predicted octanol–water partition coefficient (Wildman–Crippen LogP) is 3.63. The average Bonchev–Trinajstić information content (AvgIpc) is 2.98. The van der Waals surface area contributed by atoms with Crippen molar-refractivity contribution in [1.82, 2.24) is 4.98 Å². The van der Waals surface area contributed by atoms with Gasteiger partial charge in [0.15, 0.2) is 0 Å². The number of carboxylic acids is 1. The smallest absolute Gasteiger partial charge is 0.336 e. The maximum atomic E-state index is 11.3. The maximum Gasteiger partial charge on any atom is 0.336 e. The van der Waals surface area contributed by atoms with Crippen molar-refractivity contribution >= 4 is 33.8 Å². The molecule has 1 aromatic heterocycles. The fraction of sp³-hybridized carbons (Fsp3) is 0.125. The van der Waals surface area contributed by atoms with Gasteiger partial charge in [0.1, 0.15) is 0 Å². The first-order valence-electron chi connectivity index (χ1n) is 6.50. The normalized spacial score (nSPS) is 10.7. The first kappa shape index (κ1) is 13.6. The summed E-state index contributed by atoms with van der Waals surface area (Å²) in [6.07, 6.45) is 0. The SMILES string of the molecule is CN(Cc1cscn1)c1ccc(C(=O)O)c2ccccc12. The number of anilines is 1. The molecular formula is C16H14N2O2S. The van der Waals surface area contributed by atoms with E-state index in [2.05, 4.69) is 9.88 Å². The number of carboxylic acid groups (broad SMARTS) is 1. The summed E-state index contributed by atoms with van der Waals surface area (Å²) in [7, 11) is 1.99. The van der Waals surface area contributed by atoms with Gasteiger partial charge in [-0.25, -0.2) is 9.78 Å². The van der Waals surface area contributed by atoms with Gasteiger partial charge in [0.25, 0.3) is 0 Å². The van der Waals surface area contributed by atoms with Crippen molar-refractivity contribution in [3.8, 4) is 0 Å². The van der Waals surface area contributed by atoms with E-state index in [1.165, 1.54) is 0 Å². The molecule has 5 heteroatoms. The van der Waals surface area contributed by atoms with Crippen molar-refractivity contribution in [1.29, 1.82) is 0 Å². The third-order valence-corrected chi connectivity index (χ3v) is 4.06. The van der Waals surface area contributed by atoms with E-state index in [4.69, 9.17) is 0 Å². The number of fused-ring (bicyclic) bond motifs is 1. The molecule has 0 unspecified atom stereocenters. The topological polar surface area (TPSA) is 53.4 Å². The van der Waals surface area contributed by atoms with Crippen LogP contribution in [0.2, 0.25) is 0 Å². The Balaban J connectivity index is 2.07. The van der Waals surface area contributed by atoms with Crippen LogP contribution in [0.25, 0.3) is 10.8 Å². The Hall–Kier alpha value is -2.40. The molecule has 0 aliphatic carbocycles. The minimum atomic E-state index is -0.903. The van der Waals surface area contributed by atoms with Gasteiger partial charge in [0, 0.05) is 23.5 Å². The first-order valence-corrected chi connectivity index (χ1v) is 7.44. The fourth-order valence-corrected chi connectivity index (χ4v) is 3.00. The van der Waals surface area contributed by atoms with E-state index in [0.29, 0.717) is 12.1 Å². The molecule has 1 N–H and O–H groups in total. The van der Waals surface area contributed by atoms with E-state index in [-0.39, 0.29) is 0 Å². The highest BCUT2D eigenvalue weighted by Crippen LogP contribution is 2.29. The summed E-state index contributed by atoms with van der Waals surface area (Å²) >= 11 is 1.57. The van der Waals surface area contributed by atoms with Crippen LogP contribution in [0.5, 0.6) is 0 Å². The number of aromatic carboxylic acids is 1. The molecule has 21 heavy (non-hydrogen) atoms. The van der Waals surface area contributed by atoms with Crippen LogP contribution in [-0.2, 0) is 6.54 Å². The largest absolute Gasteiger partial charge is 0.478 e. The highest BCUT2D eigenvalue weighted by Gasteiger charge is 2.13. The number of aromatic nitrogens is 1. The monoisotopic (exact) mass is 298 g/mol. The van der Waals surface area contributed by atoms with Crippen LogP contribution < -0.4 is 4.90 Å². The van der Waals surface area contributed by atoms with Gasteiger partial charge in [-0.05, 0) is 17.5 Å². The molecule has 4 nitrogen and oxygen atoms in total. The van der Waals surface area contributed by atoms with Crippen molar-refractivity contribution in [3.05, 3.63) is 58.5 Å². The quantitative estimate of drug-likeness (QED) is 0.799. The third kappa shape index (κ3) is 2.60. The third-order valence-electron chi connectivity index (χ3n) is 3.43. The zero-order valence-corrected chi connectivity index (χ0v) is 12.3. The standard InChI is InChI=1S/C16H14N2O2S/c1-18(8-11-9-21-10-17-11)15-7-6-14(16(19)20)12-4-2-3-5-13(12)15/h2-7,9-10H,8H2,1H3,(H,19,20). The van der Waals surface area contributed by atoms with Gasteiger partial charge in [-0.1, -0.05) is 24.3 Å². The molecule has 0 saturated heterocycles. The Morgan fingerprint density at radius 1 is 1.24 bits per heavy atom. The van der Waals surface area contributed by atoms with E-state index >= 15 is 0 Å². The molecule has 0 amide bonds. The molecule has 3 rings (SSSR count). The van der Waals surface area contributed by atoms with Crippen molar-refractivity contribution < 1.29 is 9.90 Å². The van der Waals surface area contributed by atoms with Crippen LogP contribution in [-0.4, -0.2) is 23.1 Å². The summed E-state index contributed by atoms with van der Waals surface area (Å²) in [5, 5.41) is 13.0. The second-order valence-electron chi connectivity index (χ2n) is 4.82. The summed E-state index contributed by atoms with van der Waals surface area (Å²) in [5.41, 5.74) is 4.16. The van der Waals surface area contributed by atoms with Gasteiger partial charge >= 0.3 is 5.97 Å². The molecule has 0 fully saturated rings. The first-order chi connectivity index (χ1) is 10.2. The van der Waals surface area contributed by atoms with E-state index in [9.17, 15) is 9.90 Å². The predicted molar refractivity (Wildman–Crippen MR) is 85.1 cm³/mol. The molecule has 0 spiro atoms. The van der Waals surface area contributed by atoms with Crippen molar-refractivity contribution in [2.24, 2.45) is 0 Å². The molecule has 2 aromatic carbocycles. The van der Waals surface area contributed by atoms with Crippen LogP contribution in [0.1, 0.15) is 16.1 Å². The number of thiazole rings is 1. The zero-order chi connectivity index (χ0) is 14.8. The van der Waals surface area contributed by atoms with Gasteiger partial charge < -0.3 is 10.0 Å². The summed E-state index contributed by atoms with van der Waals surface area (Å²) in [6.45, 7) is 0.694. The van der Waals surface area contributed by atoms with Gasteiger partial charge in [-0.15, -0.1) is 11.3 Å². The maximum absolute atomic E-state index is 11.3. The van der Waals surface area contributed by atoms with Crippen molar-refractivity contribution in [3.63, 3.8) is 0 Å². The number of hydrogen-bond donors (Lipinski definition) is 1. The Bertz CT molecular complexity index is 784. The molecule has 0 aliphatic rings. The van der Waals surface area contributed by atoms with Crippen LogP contribution >= 0.6 is 11.3 Å². The molecule has 0 atom stereocenters. The molecule has 3 aromatic rings. The summed E-state index contributed by atoms with van der Waals surface area (Å²) < 4.78 is 0. The minimum absolute atomic E-state index is 0.330. The molecule has 0 bridgehead atoms. The second kappa shape index (κ2) is 5.54. The second-order valence-corrected chi connectivity index (χ2v) is 5.54. The average molecular weight is 298 g/mol. The summed E-state index contributed by atoms with van der Waals surface area (Å²) in [4.78, 5) is 17.7. The lowest BCUT2D eigenvalue weighted by molar-refractivity contribution is 0.0699. The highest BCUT2D eigenvalue weighted by atomic mass is 32.1. The molecule has 0 saturated carbocycles. The van der Waals surface area contributed by atoms with Crippen LogP contribution in [0, 0.1) is 0 Å². The fourth-order valence-electron chi connectivity index (χ4n) is 2.45. The van der Waals surface area contributed by atoms with Gasteiger partial charge in [0.05, 0.1) is 23.3 Å². The number of carbonyl (C=O) groups is 1. The lowest BCUT2D eigenvalue weighted by Gasteiger charge is -2.21. The molecular weight excluding hydrogens is 284 g/mol. The highest BCUT2D eigenvalue weighted by molar-refractivity contribution is 7.07. The summed E-state index contributed by atoms with van der Waals surface area (Å²) in [5.74, 6) is -0.903. The molecule has 0 aliphatic heterocycles. The number of benzene rings is 2. The molecule has 1 heterocycles. The van der Waals surface area contributed by atoms with Gasteiger partial charge in [-0.3, -0.25) is 0 Å². The van der Waals surface area contributed by atoms with Crippen LogP contribution in [0.15, 0.2) is 47.3 Å². The van der Waals surface area contributed by atoms with Gasteiger partial charge in [-0.2, -0.15) is 0 Å². The number of rotatable bonds is 4. The van der Waals surface area contributed by atoms with E-state index in [1.807, 2.05) is 48.3 Å². The minimum Gasteiger partial charge on any atom is -0.478 e. The van der Waals surface area contributed by atoms with Crippen molar-refractivity contribution in [2.75, 3.05) is 11.9 Å². The van der Waals surface area contributed by atoms with Crippen LogP contribution in [0.4, 0.5) is 5.69 Å². The summed E-state index contributed by atoms with van der Waals surface area (Å²) in [6, 6.07) is 11.1. The Labute approximate surface area is 126 Å². The van der Waals surface area contributed by atoms with E-state index in [1.54, 1.807) is 17.4 Å². The lowest BCUT2D eigenvalue weighted by atomic mass is 10.0. The molecule has 106 valence electrons. The van der Waals surface area contributed by atoms with Crippen LogP contribution in [0.3, 0.4) is 0 Å². The van der Waals surface area contributed by atoms with Crippen molar-refractivity contribution in [2.45, 2.75) is 6.54 Å². The number of hydrogen-bond acceptors (Lipinski definition) is 4.